The van der Waals surface area contributed by atoms with Crippen molar-refractivity contribution < 1.29 is 27.1 Å². The topological polar surface area (TPSA) is 94.8 Å². The molecule has 0 saturated carbocycles. The van der Waals surface area contributed by atoms with Crippen molar-refractivity contribution >= 4 is 11.6 Å². The number of nitrogens with one attached hydrogen (secondary N) is 1. The van der Waals surface area contributed by atoms with Gasteiger partial charge in [-0.3, -0.25) is 9.36 Å². The first-order valence-corrected chi connectivity index (χ1v) is 9.36. The molecule has 0 saturated heterocycles. The van der Waals surface area contributed by atoms with Crippen molar-refractivity contribution in [2.75, 3.05) is 5.32 Å². The van der Waals surface area contributed by atoms with Gasteiger partial charge in [0.15, 0.2) is 5.69 Å². The van der Waals surface area contributed by atoms with E-state index in [2.05, 4.69) is 25.7 Å². The van der Waals surface area contributed by atoms with Crippen LogP contribution < -0.4 is 10.1 Å². The van der Waals surface area contributed by atoms with Gasteiger partial charge in [0.25, 0.3) is 11.8 Å². The van der Waals surface area contributed by atoms with Crippen molar-refractivity contribution in [1.29, 1.82) is 0 Å². The number of hydrogen-bond donors (Lipinski definition) is 1. The molecule has 12 heteroatoms. The molecule has 0 bridgehead atoms. The second-order valence-electron chi connectivity index (χ2n) is 6.83. The number of nitrogens with zero attached hydrogens (tertiary/aromatic N) is 5. The molecule has 0 fully saturated rings. The Morgan fingerprint density at radius 2 is 1.79 bits per heavy atom. The number of rotatable bonds is 5. The molecule has 168 valence electrons. The summed E-state index contributed by atoms with van der Waals surface area (Å²) in [5, 5.41) is 16.5. The van der Waals surface area contributed by atoms with E-state index < -0.39 is 35.0 Å². The summed E-state index contributed by atoms with van der Waals surface area (Å²) in [7, 11) is 0. The summed E-state index contributed by atoms with van der Waals surface area (Å²) in [4.78, 5) is 12.9. The van der Waals surface area contributed by atoms with Gasteiger partial charge in [-0.2, -0.15) is 13.2 Å². The molecule has 0 aliphatic heterocycles. The van der Waals surface area contributed by atoms with Gasteiger partial charge in [-0.1, -0.05) is 6.07 Å². The van der Waals surface area contributed by atoms with Crippen molar-refractivity contribution in [2.45, 2.75) is 13.1 Å². The predicted molar refractivity (Wildman–Crippen MR) is 108 cm³/mol. The van der Waals surface area contributed by atoms with Gasteiger partial charge in [-0.05, 0) is 55.0 Å². The normalized spacial score (nSPS) is 11.3. The summed E-state index contributed by atoms with van der Waals surface area (Å²) in [5.74, 6) is -1.80. The third-order valence-corrected chi connectivity index (χ3v) is 4.46. The maximum absolute atomic E-state index is 13.4. The van der Waals surface area contributed by atoms with Crippen molar-refractivity contribution in [2.24, 2.45) is 0 Å². The second-order valence-corrected chi connectivity index (χ2v) is 6.83. The third-order valence-electron chi connectivity index (χ3n) is 4.46. The molecular formula is C21H14F4N6O2. The summed E-state index contributed by atoms with van der Waals surface area (Å²) in [6.07, 6.45) is -1.94. The van der Waals surface area contributed by atoms with Crippen LogP contribution in [0.2, 0.25) is 0 Å². The zero-order valence-corrected chi connectivity index (χ0v) is 16.8. The van der Waals surface area contributed by atoms with Gasteiger partial charge in [0.1, 0.15) is 29.8 Å². The number of alkyl halides is 3. The lowest BCUT2D eigenvalue weighted by molar-refractivity contribution is -0.141. The van der Waals surface area contributed by atoms with Crippen LogP contribution in [0.3, 0.4) is 0 Å². The molecule has 1 amide bonds. The smallest absolute Gasteiger partial charge is 0.435 e. The Morgan fingerprint density at radius 3 is 2.48 bits per heavy atom. The Balaban J connectivity index is 1.68. The van der Waals surface area contributed by atoms with Crippen LogP contribution in [-0.4, -0.2) is 30.9 Å². The average Bonchev–Trinajstić information content (AvgIpc) is 3.30. The number of carbonyl (C=O) groups is 1. The zero-order valence-electron chi connectivity index (χ0n) is 16.8. The highest BCUT2D eigenvalue weighted by Gasteiger charge is 2.35. The Hall–Kier alpha value is -4.35. The second kappa shape index (κ2) is 8.65. The monoisotopic (exact) mass is 458 g/mol. The fourth-order valence-electron chi connectivity index (χ4n) is 2.87. The number of amides is 1. The first-order chi connectivity index (χ1) is 15.7. The summed E-state index contributed by atoms with van der Waals surface area (Å²) in [6, 6.07) is 10.6. The van der Waals surface area contributed by atoms with Crippen LogP contribution in [-0.2, 0) is 6.18 Å². The molecular weight excluding hydrogens is 444 g/mol. The largest absolute Gasteiger partial charge is 0.437 e. The lowest BCUT2D eigenvalue weighted by atomic mass is 10.2. The summed E-state index contributed by atoms with van der Waals surface area (Å²) < 4.78 is 60.1. The van der Waals surface area contributed by atoms with E-state index in [0.29, 0.717) is 23.0 Å². The molecule has 0 atom stereocenters. The van der Waals surface area contributed by atoms with Gasteiger partial charge < -0.3 is 10.1 Å². The number of hydrogen-bond acceptors (Lipinski definition) is 6. The van der Waals surface area contributed by atoms with E-state index in [1.165, 1.54) is 31.7 Å². The molecule has 1 N–H and O–H groups in total. The van der Waals surface area contributed by atoms with E-state index in [0.717, 1.165) is 6.07 Å². The minimum atomic E-state index is -4.83. The standard InChI is InChI=1S/C21H14F4N6O2/c1-12-7-13(22)5-6-17(12)33-20-16(9-18(29-30-20)21(23,24)25)19(32)28-14-3-2-4-15(8-14)31-10-26-27-11-31/h2-11H,1H3,(H,28,32). The van der Waals surface area contributed by atoms with Crippen LogP contribution in [0.25, 0.3) is 5.69 Å². The Morgan fingerprint density at radius 1 is 1.03 bits per heavy atom. The summed E-state index contributed by atoms with van der Waals surface area (Å²) in [5.41, 5.74) is -0.616. The highest BCUT2D eigenvalue weighted by atomic mass is 19.4. The SMILES string of the molecule is Cc1cc(F)ccc1Oc1nnc(C(F)(F)F)cc1C(=O)Nc1cccc(-n2cnnc2)c1. The molecule has 33 heavy (non-hydrogen) atoms. The Bertz CT molecular complexity index is 1310. The molecule has 2 heterocycles. The highest BCUT2D eigenvalue weighted by molar-refractivity contribution is 6.06. The van der Waals surface area contributed by atoms with E-state index >= 15 is 0 Å². The number of aromatic nitrogens is 5. The average molecular weight is 458 g/mol. The van der Waals surface area contributed by atoms with Crippen LogP contribution in [0, 0.1) is 12.7 Å². The summed E-state index contributed by atoms with van der Waals surface area (Å²) >= 11 is 0. The minimum Gasteiger partial charge on any atom is -0.437 e. The van der Waals surface area contributed by atoms with Gasteiger partial charge in [-0.15, -0.1) is 20.4 Å². The molecule has 0 spiro atoms. The number of ether oxygens (including phenoxy) is 1. The van der Waals surface area contributed by atoms with Gasteiger partial charge >= 0.3 is 6.18 Å². The molecule has 0 radical (unpaired) electrons. The van der Waals surface area contributed by atoms with Gasteiger partial charge in [0.2, 0.25) is 0 Å². The zero-order chi connectivity index (χ0) is 23.6. The van der Waals surface area contributed by atoms with Crippen LogP contribution in [0.1, 0.15) is 21.6 Å². The molecule has 0 aliphatic rings. The molecule has 0 unspecified atom stereocenters. The first kappa shape index (κ1) is 21.9. The molecule has 0 aliphatic carbocycles. The molecule has 2 aromatic carbocycles. The third kappa shape index (κ3) is 4.95. The number of carbonyl (C=O) groups excluding carboxylic acids is 1. The van der Waals surface area contributed by atoms with Crippen LogP contribution in [0.15, 0.2) is 61.2 Å². The van der Waals surface area contributed by atoms with Crippen LogP contribution in [0.4, 0.5) is 23.2 Å². The molecule has 8 nitrogen and oxygen atoms in total. The fourth-order valence-corrected chi connectivity index (χ4v) is 2.87. The predicted octanol–water partition coefficient (Wildman–Crippen LogP) is 4.57. The van der Waals surface area contributed by atoms with Crippen molar-refractivity contribution in [3.05, 3.63) is 83.8 Å². The molecule has 4 aromatic rings. The van der Waals surface area contributed by atoms with E-state index in [1.54, 1.807) is 28.8 Å². The Labute approximate surface area is 183 Å². The van der Waals surface area contributed by atoms with Crippen LogP contribution in [0.5, 0.6) is 11.6 Å². The lowest BCUT2D eigenvalue weighted by Crippen LogP contribution is -2.18. The van der Waals surface area contributed by atoms with Gasteiger partial charge in [0.05, 0.1) is 5.69 Å². The van der Waals surface area contributed by atoms with E-state index in [4.69, 9.17) is 4.74 Å². The molecule has 4 rings (SSSR count). The van der Waals surface area contributed by atoms with Crippen LogP contribution >= 0.6 is 0 Å². The molecule has 2 aromatic heterocycles. The lowest BCUT2D eigenvalue weighted by Gasteiger charge is -2.14. The number of aryl methyl sites for hydroxylation is 1. The van der Waals surface area contributed by atoms with E-state index in [1.807, 2.05) is 0 Å². The van der Waals surface area contributed by atoms with Crippen molar-refractivity contribution in [3.63, 3.8) is 0 Å². The summed E-state index contributed by atoms with van der Waals surface area (Å²) in [6.45, 7) is 1.53. The number of anilines is 1. The fraction of sp³-hybridized carbons (Fsp3) is 0.0952. The van der Waals surface area contributed by atoms with Crippen molar-refractivity contribution in [3.8, 4) is 17.3 Å². The van der Waals surface area contributed by atoms with Gasteiger partial charge in [-0.25, -0.2) is 4.39 Å². The Kier molecular flexibility index (Phi) is 5.73. The van der Waals surface area contributed by atoms with E-state index in [9.17, 15) is 22.4 Å². The number of halogens is 4. The number of benzene rings is 2. The van der Waals surface area contributed by atoms with Gasteiger partial charge in [0, 0.05) is 5.69 Å². The maximum atomic E-state index is 13.4. The van der Waals surface area contributed by atoms with E-state index in [-0.39, 0.29) is 5.75 Å². The highest BCUT2D eigenvalue weighted by Crippen LogP contribution is 2.32. The van der Waals surface area contributed by atoms with Crippen molar-refractivity contribution in [1.82, 2.24) is 25.0 Å². The maximum Gasteiger partial charge on any atom is 0.435 e. The first-order valence-electron chi connectivity index (χ1n) is 9.36. The quantitative estimate of drug-likeness (QED) is 0.441. The minimum absolute atomic E-state index is 0.106.